The van der Waals surface area contributed by atoms with Gasteiger partial charge in [-0.15, -0.1) is 0 Å². The van der Waals surface area contributed by atoms with Gasteiger partial charge >= 0.3 is 0 Å². The van der Waals surface area contributed by atoms with Crippen LogP contribution in [0.4, 0.5) is 0 Å². The lowest BCUT2D eigenvalue weighted by atomic mass is 9.92. The Balaban J connectivity index is 1.78. The first-order chi connectivity index (χ1) is 7.77. The molecular weight excluding hydrogens is 262 g/mol. The predicted molar refractivity (Wildman–Crippen MR) is 74.2 cm³/mol. The lowest BCUT2D eigenvalue weighted by molar-refractivity contribution is 0.122. The zero-order chi connectivity index (χ0) is 11.4. The Hall–Kier alpha value is 0.440. The highest BCUT2D eigenvalue weighted by molar-refractivity contribution is 9.09. The molecule has 0 radical (unpaired) electrons. The van der Waals surface area contributed by atoms with Crippen molar-refractivity contribution in [2.45, 2.75) is 69.2 Å². The van der Waals surface area contributed by atoms with Crippen molar-refractivity contribution in [3.05, 3.63) is 0 Å². The predicted octanol–water partition coefficient (Wildman–Crippen LogP) is 4.20. The molecule has 0 aromatic rings. The first kappa shape index (κ1) is 12.9. The number of hydrogen-bond acceptors (Lipinski definition) is 1. The molecule has 1 atom stereocenters. The van der Waals surface area contributed by atoms with Gasteiger partial charge in [-0.1, -0.05) is 48.5 Å². The van der Waals surface area contributed by atoms with Crippen molar-refractivity contribution in [1.82, 2.24) is 4.90 Å². The van der Waals surface area contributed by atoms with E-state index in [1.165, 1.54) is 64.5 Å². The molecule has 2 heteroatoms. The molecule has 0 aromatic heterocycles. The molecule has 16 heavy (non-hydrogen) atoms. The van der Waals surface area contributed by atoms with Gasteiger partial charge in [0.1, 0.15) is 0 Å². The molecule has 1 saturated heterocycles. The second-order valence-corrected chi connectivity index (χ2v) is 7.14. The van der Waals surface area contributed by atoms with E-state index < -0.39 is 0 Å². The van der Waals surface area contributed by atoms with Crippen LogP contribution in [0.5, 0.6) is 0 Å². The van der Waals surface area contributed by atoms with Gasteiger partial charge in [-0.05, 0) is 44.7 Å². The Labute approximate surface area is 109 Å². The number of likely N-dealkylation sites (tertiary alicyclic amines) is 1. The Morgan fingerprint density at radius 3 is 2.00 bits per heavy atom. The number of halogens is 1. The number of nitrogens with zero attached hydrogens (tertiary/aromatic N) is 1. The van der Waals surface area contributed by atoms with Crippen molar-refractivity contribution >= 4 is 15.9 Å². The third kappa shape index (κ3) is 3.46. The second-order valence-electron chi connectivity index (χ2n) is 5.70. The van der Waals surface area contributed by atoms with Crippen LogP contribution in [0.2, 0.25) is 0 Å². The summed E-state index contributed by atoms with van der Waals surface area (Å²) in [7, 11) is 0. The Morgan fingerprint density at radius 2 is 1.50 bits per heavy atom. The lowest BCUT2D eigenvalue weighted by Crippen LogP contribution is -2.42. The first-order valence-corrected chi connectivity index (χ1v) is 8.07. The van der Waals surface area contributed by atoms with E-state index in [2.05, 4.69) is 27.8 Å². The summed E-state index contributed by atoms with van der Waals surface area (Å²) in [5.74, 6) is 0.919. The summed E-state index contributed by atoms with van der Waals surface area (Å²) < 4.78 is 0. The van der Waals surface area contributed by atoms with Crippen LogP contribution in [0, 0.1) is 5.92 Å². The maximum Gasteiger partial charge on any atom is 0.0146 e. The SMILES string of the molecule is CC(Br)C1CCN(C2CCCCCC2)CC1. The summed E-state index contributed by atoms with van der Waals surface area (Å²) in [6, 6.07) is 0.925. The van der Waals surface area contributed by atoms with E-state index in [4.69, 9.17) is 0 Å². The van der Waals surface area contributed by atoms with Crippen LogP contribution in [0.25, 0.3) is 0 Å². The zero-order valence-corrected chi connectivity index (χ0v) is 12.2. The van der Waals surface area contributed by atoms with Crippen molar-refractivity contribution in [2.75, 3.05) is 13.1 Å². The molecule has 0 amide bonds. The monoisotopic (exact) mass is 287 g/mol. The second kappa shape index (κ2) is 6.39. The number of piperidine rings is 1. The van der Waals surface area contributed by atoms with Gasteiger partial charge in [0.25, 0.3) is 0 Å². The van der Waals surface area contributed by atoms with E-state index in [-0.39, 0.29) is 0 Å². The number of alkyl halides is 1. The summed E-state index contributed by atoms with van der Waals surface area (Å²) in [4.78, 5) is 3.50. The summed E-state index contributed by atoms with van der Waals surface area (Å²) >= 11 is 3.75. The smallest absolute Gasteiger partial charge is 0.0146 e. The molecule has 2 rings (SSSR count). The molecule has 1 heterocycles. The third-order valence-electron chi connectivity index (χ3n) is 4.56. The molecule has 94 valence electrons. The first-order valence-electron chi connectivity index (χ1n) is 7.15. The van der Waals surface area contributed by atoms with Gasteiger partial charge in [0.2, 0.25) is 0 Å². The maximum absolute atomic E-state index is 3.75. The Bertz CT molecular complexity index is 189. The third-order valence-corrected chi connectivity index (χ3v) is 5.31. The normalized spacial score (nSPS) is 28.9. The van der Waals surface area contributed by atoms with Crippen LogP contribution in [0.15, 0.2) is 0 Å². The van der Waals surface area contributed by atoms with Gasteiger partial charge in [0, 0.05) is 10.9 Å². The molecule has 1 nitrogen and oxygen atoms in total. The van der Waals surface area contributed by atoms with Crippen molar-refractivity contribution in [1.29, 1.82) is 0 Å². The van der Waals surface area contributed by atoms with Crippen molar-refractivity contribution < 1.29 is 0 Å². The minimum Gasteiger partial charge on any atom is -0.300 e. The van der Waals surface area contributed by atoms with E-state index >= 15 is 0 Å². The maximum atomic E-state index is 3.75. The van der Waals surface area contributed by atoms with Gasteiger partial charge in [-0.2, -0.15) is 0 Å². The van der Waals surface area contributed by atoms with Crippen LogP contribution in [-0.4, -0.2) is 28.9 Å². The highest BCUT2D eigenvalue weighted by atomic mass is 79.9. The fourth-order valence-electron chi connectivity index (χ4n) is 3.37. The highest BCUT2D eigenvalue weighted by Crippen LogP contribution is 2.29. The van der Waals surface area contributed by atoms with Crippen molar-refractivity contribution in [2.24, 2.45) is 5.92 Å². The minimum absolute atomic E-state index is 0.712. The topological polar surface area (TPSA) is 3.24 Å². The molecule has 1 unspecified atom stereocenters. The fourth-order valence-corrected chi connectivity index (χ4v) is 3.90. The van der Waals surface area contributed by atoms with E-state index in [1.807, 2.05) is 0 Å². The molecule has 1 saturated carbocycles. The standard InChI is InChI=1S/C14H26BrN/c1-12(15)13-8-10-16(11-9-13)14-6-4-2-3-5-7-14/h12-14H,2-11H2,1H3. The van der Waals surface area contributed by atoms with Gasteiger partial charge in [-0.25, -0.2) is 0 Å². The van der Waals surface area contributed by atoms with E-state index in [0.717, 1.165) is 12.0 Å². The van der Waals surface area contributed by atoms with Gasteiger partial charge in [-0.3, -0.25) is 0 Å². The summed E-state index contributed by atoms with van der Waals surface area (Å²) in [6.07, 6.45) is 11.6. The Kier molecular flexibility index (Phi) is 5.15. The zero-order valence-electron chi connectivity index (χ0n) is 10.6. The van der Waals surface area contributed by atoms with Crippen LogP contribution in [0.1, 0.15) is 58.3 Å². The average Bonchev–Trinajstić information content (AvgIpc) is 2.57. The lowest BCUT2D eigenvalue weighted by Gasteiger charge is -2.38. The molecule has 0 N–H and O–H groups in total. The molecule has 2 aliphatic rings. The molecule has 1 aliphatic heterocycles. The van der Waals surface area contributed by atoms with Crippen molar-refractivity contribution in [3.8, 4) is 0 Å². The Morgan fingerprint density at radius 1 is 0.938 bits per heavy atom. The van der Waals surface area contributed by atoms with Crippen molar-refractivity contribution in [3.63, 3.8) is 0 Å². The average molecular weight is 288 g/mol. The van der Waals surface area contributed by atoms with E-state index in [9.17, 15) is 0 Å². The fraction of sp³-hybridized carbons (Fsp3) is 1.00. The van der Waals surface area contributed by atoms with E-state index in [1.54, 1.807) is 0 Å². The molecule has 0 bridgehead atoms. The largest absolute Gasteiger partial charge is 0.300 e. The number of hydrogen-bond donors (Lipinski definition) is 0. The van der Waals surface area contributed by atoms with Gasteiger partial charge < -0.3 is 4.90 Å². The van der Waals surface area contributed by atoms with Crippen LogP contribution in [0.3, 0.4) is 0 Å². The molecular formula is C14H26BrN. The minimum atomic E-state index is 0.712. The van der Waals surface area contributed by atoms with Crippen LogP contribution < -0.4 is 0 Å². The molecule has 0 aromatic carbocycles. The molecule has 1 aliphatic carbocycles. The number of rotatable bonds is 2. The molecule has 2 fully saturated rings. The van der Waals surface area contributed by atoms with Crippen LogP contribution in [-0.2, 0) is 0 Å². The molecule has 0 spiro atoms. The quantitative estimate of drug-likeness (QED) is 0.543. The highest BCUT2D eigenvalue weighted by Gasteiger charge is 2.27. The summed E-state index contributed by atoms with van der Waals surface area (Å²) in [6.45, 7) is 5.02. The van der Waals surface area contributed by atoms with E-state index in [0.29, 0.717) is 4.83 Å². The van der Waals surface area contributed by atoms with Crippen LogP contribution >= 0.6 is 15.9 Å². The summed E-state index contributed by atoms with van der Waals surface area (Å²) in [5, 5.41) is 0. The van der Waals surface area contributed by atoms with Gasteiger partial charge in [0.15, 0.2) is 0 Å². The van der Waals surface area contributed by atoms with Gasteiger partial charge in [0.05, 0.1) is 0 Å². The summed E-state index contributed by atoms with van der Waals surface area (Å²) in [5.41, 5.74) is 0.